The second kappa shape index (κ2) is 4.08. The lowest BCUT2D eigenvalue weighted by atomic mass is 9.63. The Balaban J connectivity index is 1.67. The molecular formula is C17H24BrN2+. The zero-order chi connectivity index (χ0) is 14.0. The van der Waals surface area contributed by atoms with Crippen molar-refractivity contribution in [2.24, 2.45) is 10.8 Å². The molecule has 0 aromatic heterocycles. The zero-order valence-corrected chi connectivity index (χ0v) is 14.1. The fourth-order valence-electron chi connectivity index (χ4n) is 5.97. The maximum atomic E-state index is 3.62. The molecule has 4 saturated heterocycles. The van der Waals surface area contributed by atoms with Crippen molar-refractivity contribution in [1.82, 2.24) is 4.90 Å². The molecule has 108 valence electrons. The molecular weight excluding hydrogens is 312 g/mol. The molecule has 0 unspecified atom stereocenters. The maximum Gasteiger partial charge on any atom is 0.135 e. The summed E-state index contributed by atoms with van der Waals surface area (Å²) in [5, 5.41) is 0. The van der Waals surface area contributed by atoms with Crippen LogP contribution in [0.1, 0.15) is 25.8 Å². The van der Waals surface area contributed by atoms with Gasteiger partial charge < -0.3 is 4.48 Å². The van der Waals surface area contributed by atoms with Crippen LogP contribution in [0.15, 0.2) is 28.7 Å². The third-order valence-corrected chi connectivity index (χ3v) is 5.90. The minimum absolute atomic E-state index is 0.537. The second-order valence-corrected chi connectivity index (χ2v) is 9.29. The molecule has 4 heterocycles. The van der Waals surface area contributed by atoms with E-state index in [4.69, 9.17) is 0 Å². The van der Waals surface area contributed by atoms with E-state index in [-0.39, 0.29) is 0 Å². The van der Waals surface area contributed by atoms with Crippen molar-refractivity contribution in [2.45, 2.75) is 26.8 Å². The van der Waals surface area contributed by atoms with Gasteiger partial charge in [0, 0.05) is 34.0 Å². The van der Waals surface area contributed by atoms with E-state index in [9.17, 15) is 0 Å². The van der Waals surface area contributed by atoms with Gasteiger partial charge in [-0.3, -0.25) is 4.90 Å². The standard InChI is InChI=1S/C17H24BrN2/c1-16-8-17(2)10-19(9-16)13-20(11-16,12-17)7-14-4-3-5-15(18)6-14/h3-6H,7-13H2,1-2H3/q+1/t16-,17-/m0/s1. The molecule has 0 saturated carbocycles. The number of halogens is 1. The molecule has 0 radical (unpaired) electrons. The number of hydrogen-bond acceptors (Lipinski definition) is 1. The molecule has 0 N–H and O–H groups in total. The lowest BCUT2D eigenvalue weighted by molar-refractivity contribution is -0.981. The third-order valence-electron chi connectivity index (χ3n) is 5.41. The van der Waals surface area contributed by atoms with Crippen LogP contribution in [0.5, 0.6) is 0 Å². The average molecular weight is 336 g/mol. The van der Waals surface area contributed by atoms with Gasteiger partial charge in [0.25, 0.3) is 0 Å². The summed E-state index contributed by atoms with van der Waals surface area (Å²) >= 11 is 3.62. The number of quaternary nitrogens is 1. The maximum absolute atomic E-state index is 3.62. The lowest BCUT2D eigenvalue weighted by Gasteiger charge is -2.66. The number of benzene rings is 1. The Morgan fingerprint density at radius 2 is 1.90 bits per heavy atom. The monoisotopic (exact) mass is 335 g/mol. The van der Waals surface area contributed by atoms with Crippen LogP contribution in [0.2, 0.25) is 0 Å². The SMILES string of the molecule is C[C@@]12CN3C[C@](C)(C1)C[N+](Cc1cccc(Br)c1)(C3)C2. The van der Waals surface area contributed by atoms with Gasteiger partial charge in [0.15, 0.2) is 0 Å². The van der Waals surface area contributed by atoms with Crippen molar-refractivity contribution in [2.75, 3.05) is 32.8 Å². The first-order valence-electron chi connectivity index (χ1n) is 7.70. The molecule has 1 aromatic rings. The number of hydrogen-bond donors (Lipinski definition) is 0. The quantitative estimate of drug-likeness (QED) is 0.748. The van der Waals surface area contributed by atoms with Crippen molar-refractivity contribution in [3.05, 3.63) is 34.3 Å². The molecule has 4 fully saturated rings. The molecule has 0 spiro atoms. The van der Waals surface area contributed by atoms with Crippen molar-refractivity contribution in [3.63, 3.8) is 0 Å². The molecule has 20 heavy (non-hydrogen) atoms. The van der Waals surface area contributed by atoms with E-state index in [0.717, 1.165) is 0 Å². The molecule has 4 aliphatic heterocycles. The van der Waals surface area contributed by atoms with E-state index in [2.05, 4.69) is 58.9 Å². The van der Waals surface area contributed by atoms with Crippen LogP contribution >= 0.6 is 15.9 Å². The summed E-state index contributed by atoms with van der Waals surface area (Å²) in [7, 11) is 0. The van der Waals surface area contributed by atoms with Gasteiger partial charge in [-0.15, -0.1) is 0 Å². The third kappa shape index (κ3) is 2.15. The average Bonchev–Trinajstić information content (AvgIpc) is 2.22. The fourth-order valence-corrected chi connectivity index (χ4v) is 6.42. The molecule has 4 bridgehead atoms. The van der Waals surface area contributed by atoms with Gasteiger partial charge in [-0.05, 0) is 18.6 Å². The van der Waals surface area contributed by atoms with Crippen LogP contribution in [0, 0.1) is 10.8 Å². The summed E-state index contributed by atoms with van der Waals surface area (Å²) in [5.74, 6) is 0. The molecule has 2 nitrogen and oxygen atoms in total. The van der Waals surface area contributed by atoms with E-state index >= 15 is 0 Å². The van der Waals surface area contributed by atoms with Crippen molar-refractivity contribution < 1.29 is 4.48 Å². The van der Waals surface area contributed by atoms with Gasteiger partial charge in [0.2, 0.25) is 0 Å². The van der Waals surface area contributed by atoms with Gasteiger partial charge in [0.1, 0.15) is 13.2 Å². The molecule has 0 aliphatic carbocycles. The first-order valence-corrected chi connectivity index (χ1v) is 8.49. The topological polar surface area (TPSA) is 3.24 Å². The Morgan fingerprint density at radius 1 is 1.20 bits per heavy atom. The summed E-state index contributed by atoms with van der Waals surface area (Å²) in [6, 6.07) is 8.90. The van der Waals surface area contributed by atoms with Crippen LogP contribution in [-0.2, 0) is 6.54 Å². The summed E-state index contributed by atoms with van der Waals surface area (Å²) in [6.07, 6.45) is 1.43. The summed E-state index contributed by atoms with van der Waals surface area (Å²) in [5.41, 5.74) is 2.56. The highest BCUT2D eigenvalue weighted by molar-refractivity contribution is 9.10. The van der Waals surface area contributed by atoms with Crippen molar-refractivity contribution in [1.29, 1.82) is 0 Å². The van der Waals surface area contributed by atoms with E-state index in [1.807, 2.05) is 0 Å². The minimum Gasteiger partial charge on any atom is -0.306 e. The van der Waals surface area contributed by atoms with Gasteiger partial charge in [-0.25, -0.2) is 0 Å². The van der Waals surface area contributed by atoms with E-state index in [0.29, 0.717) is 10.8 Å². The Labute approximate surface area is 130 Å². The van der Waals surface area contributed by atoms with Crippen molar-refractivity contribution >= 4 is 15.9 Å². The molecule has 5 rings (SSSR count). The number of nitrogens with zero attached hydrogens (tertiary/aromatic N) is 2. The molecule has 2 atom stereocenters. The Morgan fingerprint density at radius 3 is 2.50 bits per heavy atom. The van der Waals surface area contributed by atoms with Crippen LogP contribution in [0.4, 0.5) is 0 Å². The largest absolute Gasteiger partial charge is 0.306 e. The van der Waals surface area contributed by atoms with Gasteiger partial charge in [-0.2, -0.15) is 0 Å². The minimum atomic E-state index is 0.537. The molecule has 4 aliphatic rings. The van der Waals surface area contributed by atoms with Crippen LogP contribution in [0.25, 0.3) is 0 Å². The summed E-state index contributed by atoms with van der Waals surface area (Å²) in [6.45, 7) is 12.9. The zero-order valence-electron chi connectivity index (χ0n) is 12.5. The van der Waals surface area contributed by atoms with Crippen LogP contribution in [-0.4, -0.2) is 42.2 Å². The second-order valence-electron chi connectivity index (χ2n) is 8.37. The summed E-state index contributed by atoms with van der Waals surface area (Å²) in [4.78, 5) is 2.73. The Bertz CT molecular complexity index is 538. The number of piperidine rings is 2. The highest BCUT2D eigenvalue weighted by Crippen LogP contribution is 2.52. The van der Waals surface area contributed by atoms with Gasteiger partial charge >= 0.3 is 0 Å². The fraction of sp³-hybridized carbons (Fsp3) is 0.647. The Kier molecular flexibility index (Phi) is 2.72. The van der Waals surface area contributed by atoms with Crippen molar-refractivity contribution in [3.8, 4) is 0 Å². The first kappa shape index (κ1) is 13.3. The Hall–Kier alpha value is -0.380. The molecule has 1 aromatic carbocycles. The number of rotatable bonds is 2. The van der Waals surface area contributed by atoms with Crippen LogP contribution < -0.4 is 0 Å². The summed E-state index contributed by atoms with van der Waals surface area (Å²) < 4.78 is 2.49. The smallest absolute Gasteiger partial charge is 0.135 e. The molecule has 0 amide bonds. The first-order chi connectivity index (χ1) is 9.38. The lowest BCUT2D eigenvalue weighted by Crippen LogP contribution is -2.77. The normalized spacial score (nSPS) is 45.9. The predicted octanol–water partition coefficient (Wildman–Crippen LogP) is 3.47. The van der Waals surface area contributed by atoms with E-state index in [1.165, 1.54) is 60.3 Å². The highest BCUT2D eigenvalue weighted by Gasteiger charge is 2.60. The molecule has 3 heteroatoms. The van der Waals surface area contributed by atoms with Gasteiger partial charge in [-0.1, -0.05) is 41.9 Å². The van der Waals surface area contributed by atoms with Crippen LogP contribution in [0.3, 0.4) is 0 Å². The van der Waals surface area contributed by atoms with E-state index < -0.39 is 0 Å². The predicted molar refractivity (Wildman–Crippen MR) is 85.1 cm³/mol. The van der Waals surface area contributed by atoms with Gasteiger partial charge in [0.05, 0.1) is 13.1 Å². The highest BCUT2D eigenvalue weighted by atomic mass is 79.9. The van der Waals surface area contributed by atoms with E-state index in [1.54, 1.807) is 0 Å².